The molecule has 2 N–H and O–H groups in total. The normalized spacial score (nSPS) is 18.7. The van der Waals surface area contributed by atoms with Crippen LogP contribution in [0.4, 0.5) is 11.8 Å². The molecule has 23 heavy (non-hydrogen) atoms. The minimum absolute atomic E-state index is 0. The van der Waals surface area contributed by atoms with E-state index in [2.05, 4.69) is 20.5 Å². The van der Waals surface area contributed by atoms with E-state index < -0.39 is 0 Å². The van der Waals surface area contributed by atoms with E-state index in [1.165, 1.54) is 25.7 Å². The number of halogens is 3. The Morgan fingerprint density at radius 1 is 1.00 bits per heavy atom. The molecule has 1 aromatic rings. The second-order valence-corrected chi connectivity index (χ2v) is 5.81. The lowest BCUT2D eigenvalue weighted by Crippen LogP contribution is -2.36. The molecular formula is C15H28Cl3N5. The summed E-state index contributed by atoms with van der Waals surface area (Å²) < 4.78 is 0. The minimum Gasteiger partial charge on any atom is -0.356 e. The Bertz CT molecular complexity index is 421. The largest absolute Gasteiger partial charge is 0.356 e. The van der Waals surface area contributed by atoms with Gasteiger partial charge in [0.1, 0.15) is 5.82 Å². The van der Waals surface area contributed by atoms with Gasteiger partial charge in [0, 0.05) is 25.3 Å². The van der Waals surface area contributed by atoms with Crippen LogP contribution in [0.5, 0.6) is 0 Å². The highest BCUT2D eigenvalue weighted by atomic mass is 35.5. The zero-order chi connectivity index (χ0) is 13.6. The quantitative estimate of drug-likeness (QED) is 0.837. The first-order chi connectivity index (χ1) is 9.92. The fraction of sp³-hybridized carbons (Fsp3) is 0.733. The van der Waals surface area contributed by atoms with Crippen molar-refractivity contribution in [1.29, 1.82) is 0 Å². The molecule has 0 atom stereocenters. The zero-order valence-electron chi connectivity index (χ0n) is 13.4. The van der Waals surface area contributed by atoms with Gasteiger partial charge in [0.25, 0.3) is 0 Å². The third kappa shape index (κ3) is 6.87. The van der Waals surface area contributed by atoms with Gasteiger partial charge in [-0.25, -0.2) is 4.98 Å². The molecule has 0 radical (unpaired) electrons. The standard InChI is InChI=1S/C15H25N5.3ClH/c1-2-4-12-20(11-3-1)14-7-10-17-15(19-14)18-13-5-8-16-9-6-13;;;/h7,10,13,16H,1-6,8-9,11-12H2,(H,17,18,19);3*1H. The topological polar surface area (TPSA) is 53.1 Å². The lowest BCUT2D eigenvalue weighted by molar-refractivity contribution is 0.477. The van der Waals surface area contributed by atoms with Gasteiger partial charge in [-0.2, -0.15) is 4.98 Å². The molecule has 0 amide bonds. The Hall–Kier alpha value is -0.490. The first kappa shape index (κ1) is 22.5. The summed E-state index contributed by atoms with van der Waals surface area (Å²) in [5, 5.41) is 6.87. The number of piperidine rings is 1. The predicted molar refractivity (Wildman–Crippen MR) is 104 cm³/mol. The second kappa shape index (κ2) is 12.0. The van der Waals surface area contributed by atoms with Gasteiger partial charge in [-0.05, 0) is 44.8 Å². The van der Waals surface area contributed by atoms with E-state index in [0.29, 0.717) is 6.04 Å². The van der Waals surface area contributed by atoms with Crippen molar-refractivity contribution >= 4 is 49.0 Å². The SMILES string of the molecule is Cl.Cl.Cl.c1cc(N2CCCCCC2)nc(NC2CCNCC2)n1. The van der Waals surface area contributed by atoms with Crippen LogP contribution in [0.25, 0.3) is 0 Å². The highest BCUT2D eigenvalue weighted by Crippen LogP contribution is 2.18. The van der Waals surface area contributed by atoms with Crippen LogP contribution in [0.3, 0.4) is 0 Å². The van der Waals surface area contributed by atoms with Crippen LogP contribution in [0.2, 0.25) is 0 Å². The number of anilines is 2. The average Bonchev–Trinajstić information content (AvgIpc) is 2.78. The molecule has 1 aromatic heterocycles. The summed E-state index contributed by atoms with van der Waals surface area (Å²) in [7, 11) is 0. The van der Waals surface area contributed by atoms with Crippen molar-refractivity contribution in [1.82, 2.24) is 15.3 Å². The lowest BCUT2D eigenvalue weighted by atomic mass is 10.1. The van der Waals surface area contributed by atoms with Crippen LogP contribution < -0.4 is 15.5 Å². The first-order valence-electron chi connectivity index (χ1n) is 7.97. The van der Waals surface area contributed by atoms with E-state index in [9.17, 15) is 0 Å². The molecular weight excluding hydrogens is 357 g/mol. The van der Waals surface area contributed by atoms with E-state index in [4.69, 9.17) is 4.98 Å². The van der Waals surface area contributed by atoms with Crippen LogP contribution >= 0.6 is 37.2 Å². The van der Waals surface area contributed by atoms with Gasteiger partial charge < -0.3 is 15.5 Å². The number of rotatable bonds is 3. The van der Waals surface area contributed by atoms with Crippen LogP contribution in [0, 0.1) is 0 Å². The maximum Gasteiger partial charge on any atom is 0.224 e. The fourth-order valence-corrected chi connectivity index (χ4v) is 3.04. The molecule has 2 aliphatic heterocycles. The molecule has 8 heteroatoms. The number of hydrogen-bond donors (Lipinski definition) is 2. The molecule has 2 aliphatic rings. The van der Waals surface area contributed by atoms with Crippen molar-refractivity contribution in [3.8, 4) is 0 Å². The highest BCUT2D eigenvalue weighted by molar-refractivity contribution is 5.86. The van der Waals surface area contributed by atoms with Crippen molar-refractivity contribution < 1.29 is 0 Å². The van der Waals surface area contributed by atoms with Gasteiger partial charge in [-0.3, -0.25) is 0 Å². The summed E-state index contributed by atoms with van der Waals surface area (Å²) >= 11 is 0. The molecule has 0 spiro atoms. The van der Waals surface area contributed by atoms with E-state index in [-0.39, 0.29) is 37.2 Å². The van der Waals surface area contributed by atoms with Gasteiger partial charge in [0.2, 0.25) is 5.95 Å². The smallest absolute Gasteiger partial charge is 0.224 e. The van der Waals surface area contributed by atoms with Crippen LogP contribution in [-0.4, -0.2) is 42.2 Å². The molecule has 2 saturated heterocycles. The molecule has 5 nitrogen and oxygen atoms in total. The maximum atomic E-state index is 4.72. The highest BCUT2D eigenvalue weighted by Gasteiger charge is 2.15. The Kier molecular flexibility index (Phi) is 11.7. The Morgan fingerprint density at radius 3 is 2.30 bits per heavy atom. The van der Waals surface area contributed by atoms with E-state index in [1.807, 2.05) is 12.3 Å². The number of nitrogens with one attached hydrogen (secondary N) is 2. The molecule has 0 unspecified atom stereocenters. The minimum atomic E-state index is 0. The summed E-state index contributed by atoms with van der Waals surface area (Å²) in [6.07, 6.45) is 9.44. The van der Waals surface area contributed by atoms with Crippen LogP contribution in [0.1, 0.15) is 38.5 Å². The summed E-state index contributed by atoms with van der Waals surface area (Å²) in [6, 6.07) is 2.55. The zero-order valence-corrected chi connectivity index (χ0v) is 15.8. The van der Waals surface area contributed by atoms with Gasteiger partial charge in [-0.15, -0.1) is 37.2 Å². The molecule has 134 valence electrons. The summed E-state index contributed by atoms with van der Waals surface area (Å²) in [6.45, 7) is 4.43. The van der Waals surface area contributed by atoms with Crippen LogP contribution in [0.15, 0.2) is 12.3 Å². The van der Waals surface area contributed by atoms with Crippen LogP contribution in [-0.2, 0) is 0 Å². The molecule has 3 heterocycles. The van der Waals surface area contributed by atoms with E-state index >= 15 is 0 Å². The van der Waals surface area contributed by atoms with Crippen molar-refractivity contribution in [2.45, 2.75) is 44.6 Å². The molecule has 3 rings (SSSR count). The maximum absolute atomic E-state index is 4.72. The van der Waals surface area contributed by atoms with Gasteiger partial charge >= 0.3 is 0 Å². The average molecular weight is 385 g/mol. The van der Waals surface area contributed by atoms with E-state index in [0.717, 1.165) is 50.8 Å². The van der Waals surface area contributed by atoms with Gasteiger partial charge in [0.15, 0.2) is 0 Å². The summed E-state index contributed by atoms with van der Waals surface area (Å²) in [4.78, 5) is 11.5. The van der Waals surface area contributed by atoms with Gasteiger partial charge in [-0.1, -0.05) is 12.8 Å². The first-order valence-corrected chi connectivity index (χ1v) is 7.97. The molecule has 0 bridgehead atoms. The van der Waals surface area contributed by atoms with Gasteiger partial charge in [0.05, 0.1) is 0 Å². The van der Waals surface area contributed by atoms with Crippen molar-refractivity contribution in [2.24, 2.45) is 0 Å². The Labute approximate surface area is 157 Å². The van der Waals surface area contributed by atoms with Crippen molar-refractivity contribution in [3.05, 3.63) is 12.3 Å². The monoisotopic (exact) mass is 383 g/mol. The fourth-order valence-electron chi connectivity index (χ4n) is 3.04. The predicted octanol–water partition coefficient (Wildman–Crippen LogP) is 3.29. The number of nitrogens with zero attached hydrogens (tertiary/aromatic N) is 3. The third-order valence-corrected chi connectivity index (χ3v) is 4.24. The molecule has 2 fully saturated rings. The Morgan fingerprint density at radius 2 is 1.65 bits per heavy atom. The Balaban J connectivity index is 0.00000161. The number of hydrogen-bond acceptors (Lipinski definition) is 5. The van der Waals surface area contributed by atoms with E-state index in [1.54, 1.807) is 0 Å². The summed E-state index contributed by atoms with van der Waals surface area (Å²) in [5.41, 5.74) is 0. The summed E-state index contributed by atoms with van der Waals surface area (Å²) in [5.74, 6) is 1.87. The second-order valence-electron chi connectivity index (χ2n) is 5.81. The molecule has 0 aromatic carbocycles. The number of aromatic nitrogens is 2. The molecule has 0 saturated carbocycles. The lowest BCUT2D eigenvalue weighted by Gasteiger charge is -2.25. The third-order valence-electron chi connectivity index (χ3n) is 4.24. The molecule has 0 aliphatic carbocycles. The van der Waals surface area contributed by atoms with Crippen molar-refractivity contribution in [2.75, 3.05) is 36.4 Å². The van der Waals surface area contributed by atoms with Crippen molar-refractivity contribution in [3.63, 3.8) is 0 Å².